The molecule has 15 heavy (non-hydrogen) atoms. The largest absolute Gasteiger partial charge is 0.395 e. The number of Topliss-reactive ketones (excluding diaryl/α,β-unsaturated/α-hetero) is 1. The van der Waals surface area contributed by atoms with Gasteiger partial charge in [0.1, 0.15) is 12.2 Å². The molecule has 1 aliphatic heterocycles. The maximum atomic E-state index is 11.8. The Labute approximate surface area is 87.2 Å². The van der Waals surface area contributed by atoms with Crippen molar-refractivity contribution >= 4 is 21.8 Å². The predicted octanol–water partition coefficient (Wildman–Crippen LogP) is 2.47. The fraction of sp³-hybridized carbons (Fsp3) is 0.333. The van der Waals surface area contributed by atoms with Gasteiger partial charge < -0.3 is 0 Å². The van der Waals surface area contributed by atoms with Crippen molar-refractivity contribution in [3.8, 4) is 0 Å². The Kier molecular flexibility index (Phi) is 3.73. The minimum absolute atomic E-state index is 0.427. The summed E-state index contributed by atoms with van der Waals surface area (Å²) in [6, 6.07) is 0. The molecule has 2 nitrogen and oxygen atoms in total. The van der Waals surface area contributed by atoms with Crippen molar-refractivity contribution < 1.29 is 22.8 Å². The van der Waals surface area contributed by atoms with Gasteiger partial charge in [0.2, 0.25) is 0 Å². The summed E-state index contributed by atoms with van der Waals surface area (Å²) in [5.74, 6) is -1.07. The van der Waals surface area contributed by atoms with Crippen LogP contribution in [-0.4, -0.2) is 17.1 Å². The molecule has 0 aromatic carbocycles. The molecule has 0 amide bonds. The Hall–Kier alpha value is -1.04. The molecule has 0 spiro atoms. The molecular weight excluding hydrogens is 229 g/mol. The third kappa shape index (κ3) is 4.33. The van der Waals surface area contributed by atoms with E-state index in [1.165, 1.54) is 0 Å². The second kappa shape index (κ2) is 4.65. The number of ketones is 1. The average Bonchev–Trinajstić information content (AvgIpc) is 2.50. The Morgan fingerprint density at radius 3 is 2.13 bits per heavy atom. The van der Waals surface area contributed by atoms with Crippen LogP contribution >= 0.6 is 10.9 Å². The van der Waals surface area contributed by atoms with Crippen LogP contribution in [0.1, 0.15) is 12.8 Å². The molecule has 1 heterocycles. The van der Waals surface area contributed by atoms with Crippen LogP contribution < -0.4 is 0 Å². The van der Waals surface area contributed by atoms with Crippen LogP contribution in [0.5, 0.6) is 0 Å². The van der Waals surface area contributed by atoms with Gasteiger partial charge in [-0.2, -0.15) is 24.1 Å². The second-order valence-corrected chi connectivity index (χ2v) is 4.90. The van der Waals surface area contributed by atoms with E-state index in [9.17, 15) is 22.8 Å². The van der Waals surface area contributed by atoms with E-state index in [-0.39, 0.29) is 0 Å². The molecular formula is C9H9F3O2S. The second-order valence-electron chi connectivity index (χ2n) is 2.99. The number of halogens is 3. The smallest absolute Gasteiger partial charge is 0.299 e. The van der Waals surface area contributed by atoms with Crippen molar-refractivity contribution in [3.63, 3.8) is 0 Å². The summed E-state index contributed by atoms with van der Waals surface area (Å²) in [4.78, 5) is 22.1. The quantitative estimate of drug-likeness (QED) is 0.605. The third-order valence-corrected chi connectivity index (χ3v) is 3.36. The van der Waals surface area contributed by atoms with Crippen molar-refractivity contribution in [2.75, 3.05) is 0 Å². The van der Waals surface area contributed by atoms with E-state index in [4.69, 9.17) is 0 Å². The first-order chi connectivity index (χ1) is 6.88. The molecule has 0 saturated heterocycles. The van der Waals surface area contributed by atoms with E-state index in [0.717, 1.165) is 0 Å². The first-order valence-electron chi connectivity index (χ1n) is 4.13. The van der Waals surface area contributed by atoms with Gasteiger partial charge in [-0.3, -0.25) is 9.59 Å². The number of carbonyl (C=O) groups excluding carboxylic acids is 2. The van der Waals surface area contributed by atoms with E-state index in [1.54, 1.807) is 23.0 Å². The standard InChI is InChI=1S/C9H9F3O2S/c10-9(11,12)6-7(13)5-8(14)15-3-1-2-4-15/h1-4,15H,5-6H2. The molecule has 0 aromatic heterocycles. The summed E-state index contributed by atoms with van der Waals surface area (Å²) in [6.07, 6.45) is -3.36. The van der Waals surface area contributed by atoms with Crippen molar-refractivity contribution in [1.29, 1.82) is 0 Å². The molecule has 0 saturated carbocycles. The SMILES string of the molecule is O=C(CC(=O)[SH]1C=CC=C1)CC(F)(F)F. The number of alkyl halides is 3. The van der Waals surface area contributed by atoms with Crippen LogP contribution in [0.2, 0.25) is 0 Å². The molecule has 0 aromatic rings. The van der Waals surface area contributed by atoms with Crippen molar-refractivity contribution in [1.82, 2.24) is 0 Å². The number of rotatable bonds is 3. The molecule has 0 unspecified atom stereocenters. The number of thiol groups is 1. The van der Waals surface area contributed by atoms with Crippen LogP contribution in [0.3, 0.4) is 0 Å². The first kappa shape index (κ1) is 12.0. The van der Waals surface area contributed by atoms with E-state index < -0.39 is 40.8 Å². The highest BCUT2D eigenvalue weighted by Gasteiger charge is 2.32. The van der Waals surface area contributed by atoms with E-state index in [0.29, 0.717) is 0 Å². The van der Waals surface area contributed by atoms with Crippen LogP contribution in [0, 0.1) is 0 Å². The zero-order valence-corrected chi connectivity index (χ0v) is 8.52. The monoisotopic (exact) mass is 238 g/mol. The van der Waals surface area contributed by atoms with Crippen molar-refractivity contribution in [2.24, 2.45) is 0 Å². The highest BCUT2D eigenvalue weighted by Crippen LogP contribution is 2.35. The van der Waals surface area contributed by atoms with Crippen LogP contribution in [-0.2, 0) is 9.59 Å². The average molecular weight is 238 g/mol. The molecule has 0 atom stereocenters. The Morgan fingerprint density at radius 1 is 1.13 bits per heavy atom. The predicted molar refractivity (Wildman–Crippen MR) is 52.6 cm³/mol. The third-order valence-electron chi connectivity index (χ3n) is 1.64. The number of carbonyl (C=O) groups is 2. The van der Waals surface area contributed by atoms with Crippen molar-refractivity contribution in [2.45, 2.75) is 19.0 Å². The summed E-state index contributed by atoms with van der Waals surface area (Å²) >= 11 is 0. The van der Waals surface area contributed by atoms with Gasteiger partial charge in [-0.1, -0.05) is 12.2 Å². The lowest BCUT2D eigenvalue weighted by molar-refractivity contribution is -0.152. The maximum Gasteiger partial charge on any atom is 0.395 e. The van der Waals surface area contributed by atoms with Crippen LogP contribution in [0.15, 0.2) is 23.0 Å². The van der Waals surface area contributed by atoms with E-state index in [1.807, 2.05) is 0 Å². The number of hydrogen-bond donors (Lipinski definition) is 1. The minimum atomic E-state index is -4.52. The van der Waals surface area contributed by atoms with Crippen LogP contribution in [0.4, 0.5) is 13.2 Å². The van der Waals surface area contributed by atoms with Gasteiger partial charge in [-0.15, -0.1) is 0 Å². The molecule has 0 N–H and O–H groups in total. The Balaban J connectivity index is 2.41. The van der Waals surface area contributed by atoms with E-state index >= 15 is 0 Å². The highest BCUT2D eigenvalue weighted by atomic mass is 32.2. The normalized spacial score (nSPS) is 17.1. The van der Waals surface area contributed by atoms with Crippen LogP contribution in [0.25, 0.3) is 0 Å². The lowest BCUT2D eigenvalue weighted by atomic mass is 10.2. The molecule has 0 bridgehead atoms. The van der Waals surface area contributed by atoms with Gasteiger partial charge >= 0.3 is 6.18 Å². The molecule has 0 fully saturated rings. The minimum Gasteiger partial charge on any atom is -0.299 e. The fourth-order valence-corrected chi connectivity index (χ4v) is 2.41. The lowest BCUT2D eigenvalue weighted by Crippen LogP contribution is -2.17. The highest BCUT2D eigenvalue weighted by molar-refractivity contribution is 8.34. The molecule has 1 rings (SSSR count). The van der Waals surface area contributed by atoms with Crippen molar-refractivity contribution in [3.05, 3.63) is 23.0 Å². The van der Waals surface area contributed by atoms with Gasteiger partial charge in [-0.05, 0) is 10.8 Å². The van der Waals surface area contributed by atoms with Gasteiger partial charge in [0.15, 0.2) is 5.12 Å². The lowest BCUT2D eigenvalue weighted by Gasteiger charge is -2.08. The molecule has 0 radical (unpaired) electrons. The summed E-state index contributed by atoms with van der Waals surface area (Å²) < 4.78 is 35.3. The van der Waals surface area contributed by atoms with Gasteiger partial charge in [-0.25, -0.2) is 0 Å². The van der Waals surface area contributed by atoms with E-state index in [2.05, 4.69) is 0 Å². The molecule has 0 aliphatic carbocycles. The summed E-state index contributed by atoms with van der Waals surface area (Å²) in [5, 5.41) is 2.79. The Bertz CT molecular complexity index is 319. The molecule has 1 aliphatic rings. The van der Waals surface area contributed by atoms with Gasteiger partial charge in [0.05, 0.1) is 6.42 Å². The summed E-state index contributed by atoms with van der Waals surface area (Å²) in [7, 11) is -1.17. The Morgan fingerprint density at radius 2 is 1.67 bits per heavy atom. The fourth-order valence-electron chi connectivity index (χ4n) is 1.05. The molecule has 6 heteroatoms. The summed E-state index contributed by atoms with van der Waals surface area (Å²) in [5.41, 5.74) is 0. The maximum absolute atomic E-state index is 11.8. The zero-order chi connectivity index (χ0) is 11.5. The molecule has 84 valence electrons. The van der Waals surface area contributed by atoms with Gasteiger partial charge in [0.25, 0.3) is 0 Å². The number of allylic oxidation sites excluding steroid dienone is 2. The zero-order valence-electron chi connectivity index (χ0n) is 7.62. The van der Waals surface area contributed by atoms with Gasteiger partial charge in [0, 0.05) is 0 Å². The number of hydrogen-bond acceptors (Lipinski definition) is 2. The topological polar surface area (TPSA) is 34.1 Å². The summed E-state index contributed by atoms with van der Waals surface area (Å²) in [6.45, 7) is 0. The first-order valence-corrected chi connectivity index (χ1v) is 5.61.